The van der Waals surface area contributed by atoms with Gasteiger partial charge < -0.3 is 11.1 Å². The first-order valence-corrected chi connectivity index (χ1v) is 5.86. The molecule has 0 spiro atoms. The minimum absolute atomic E-state index is 0.348. The first-order valence-electron chi connectivity index (χ1n) is 5.07. The predicted molar refractivity (Wildman–Crippen MR) is 65.7 cm³/mol. The fourth-order valence-electron chi connectivity index (χ4n) is 1.35. The average Bonchev–Trinajstić information content (AvgIpc) is 2.20. The molecule has 0 aromatic carbocycles. The van der Waals surface area contributed by atoms with E-state index in [9.17, 15) is 0 Å². The Balaban J connectivity index is 2.69. The van der Waals surface area contributed by atoms with Crippen molar-refractivity contribution in [3.63, 3.8) is 0 Å². The van der Waals surface area contributed by atoms with Crippen LogP contribution in [0, 0.1) is 5.92 Å². The fourth-order valence-corrected chi connectivity index (χ4v) is 1.68. The van der Waals surface area contributed by atoms with E-state index in [0.717, 1.165) is 16.7 Å². The Morgan fingerprint density at radius 3 is 2.80 bits per heavy atom. The lowest BCUT2D eigenvalue weighted by Gasteiger charge is -2.22. The van der Waals surface area contributed by atoms with Crippen molar-refractivity contribution in [1.82, 2.24) is 9.97 Å². The predicted octanol–water partition coefficient (Wildman–Crippen LogP) is 2.02. The monoisotopic (exact) mass is 272 g/mol. The number of nitrogens with two attached hydrogens (primary N) is 1. The van der Waals surface area contributed by atoms with Crippen molar-refractivity contribution >= 4 is 21.7 Å². The van der Waals surface area contributed by atoms with Crippen molar-refractivity contribution < 1.29 is 0 Å². The van der Waals surface area contributed by atoms with Crippen LogP contribution in [0.2, 0.25) is 0 Å². The lowest BCUT2D eigenvalue weighted by molar-refractivity contribution is 0.497. The molecule has 0 saturated carbocycles. The van der Waals surface area contributed by atoms with E-state index in [4.69, 9.17) is 5.73 Å². The highest BCUT2D eigenvalue weighted by Gasteiger charge is 2.13. The van der Waals surface area contributed by atoms with Gasteiger partial charge in [0.05, 0.1) is 4.47 Å². The van der Waals surface area contributed by atoms with Gasteiger partial charge in [0.2, 0.25) is 0 Å². The zero-order chi connectivity index (χ0) is 11.3. The summed E-state index contributed by atoms with van der Waals surface area (Å²) in [7, 11) is 0. The normalized spacial score (nSPS) is 12.9. The molecule has 0 radical (unpaired) electrons. The molecule has 84 valence electrons. The molecule has 0 aliphatic carbocycles. The van der Waals surface area contributed by atoms with Crippen LogP contribution in [0.5, 0.6) is 0 Å². The highest BCUT2D eigenvalue weighted by molar-refractivity contribution is 9.10. The Morgan fingerprint density at radius 2 is 2.27 bits per heavy atom. The minimum atomic E-state index is 0.348. The van der Waals surface area contributed by atoms with Crippen LogP contribution in [0.3, 0.4) is 0 Å². The van der Waals surface area contributed by atoms with Crippen LogP contribution in [0.25, 0.3) is 0 Å². The van der Waals surface area contributed by atoms with Gasteiger partial charge in [-0.3, -0.25) is 0 Å². The summed E-state index contributed by atoms with van der Waals surface area (Å²) >= 11 is 3.41. The number of rotatable bonds is 5. The van der Waals surface area contributed by atoms with E-state index >= 15 is 0 Å². The molecule has 1 atom stereocenters. The van der Waals surface area contributed by atoms with Crippen molar-refractivity contribution in [3.05, 3.63) is 17.0 Å². The molecule has 0 bridgehead atoms. The summed E-state index contributed by atoms with van der Waals surface area (Å²) in [5.74, 6) is 1.35. The molecular formula is C10H17BrN4. The van der Waals surface area contributed by atoms with Crippen LogP contribution in [-0.4, -0.2) is 22.6 Å². The van der Waals surface area contributed by atoms with Gasteiger partial charge in [0, 0.05) is 12.2 Å². The zero-order valence-corrected chi connectivity index (χ0v) is 10.7. The van der Waals surface area contributed by atoms with Crippen molar-refractivity contribution in [2.45, 2.75) is 26.3 Å². The van der Waals surface area contributed by atoms with Gasteiger partial charge in [-0.25, -0.2) is 9.97 Å². The molecule has 0 amide bonds. The molecule has 15 heavy (non-hydrogen) atoms. The second-order valence-electron chi connectivity index (χ2n) is 3.79. The highest BCUT2D eigenvalue weighted by atomic mass is 79.9. The second kappa shape index (κ2) is 6.02. The molecule has 1 rings (SSSR count). The summed E-state index contributed by atoms with van der Waals surface area (Å²) in [5, 5.41) is 3.37. The van der Waals surface area contributed by atoms with E-state index in [1.165, 1.54) is 6.33 Å². The third-order valence-electron chi connectivity index (χ3n) is 2.27. The Bertz CT molecular complexity index is 303. The van der Waals surface area contributed by atoms with Crippen molar-refractivity contribution in [2.75, 3.05) is 11.9 Å². The highest BCUT2D eigenvalue weighted by Crippen LogP contribution is 2.20. The van der Waals surface area contributed by atoms with Gasteiger partial charge in [0.25, 0.3) is 0 Å². The van der Waals surface area contributed by atoms with E-state index in [0.29, 0.717) is 18.5 Å². The Labute approximate surface area is 98.8 Å². The molecule has 0 aliphatic rings. The molecule has 0 saturated heterocycles. The van der Waals surface area contributed by atoms with Crippen molar-refractivity contribution in [3.8, 4) is 0 Å². The molecule has 3 N–H and O–H groups in total. The van der Waals surface area contributed by atoms with Crippen LogP contribution in [-0.2, 0) is 0 Å². The van der Waals surface area contributed by atoms with Gasteiger partial charge in [-0.15, -0.1) is 0 Å². The maximum atomic E-state index is 5.57. The topological polar surface area (TPSA) is 63.8 Å². The van der Waals surface area contributed by atoms with Crippen LogP contribution in [0.4, 0.5) is 5.82 Å². The van der Waals surface area contributed by atoms with Crippen LogP contribution in [0.1, 0.15) is 20.3 Å². The summed E-state index contributed by atoms with van der Waals surface area (Å²) in [4.78, 5) is 8.09. The van der Waals surface area contributed by atoms with E-state index in [1.807, 2.05) is 0 Å². The first kappa shape index (κ1) is 12.4. The molecule has 5 heteroatoms. The Morgan fingerprint density at radius 1 is 1.53 bits per heavy atom. The molecule has 1 aromatic rings. The largest absolute Gasteiger partial charge is 0.366 e. The summed E-state index contributed by atoms with van der Waals surface area (Å²) in [6.45, 7) is 5.02. The number of hydrogen-bond donors (Lipinski definition) is 2. The van der Waals surface area contributed by atoms with E-state index in [2.05, 4.69) is 45.1 Å². The van der Waals surface area contributed by atoms with Gasteiger partial charge in [-0.1, -0.05) is 13.8 Å². The van der Waals surface area contributed by atoms with Gasteiger partial charge >= 0.3 is 0 Å². The second-order valence-corrected chi connectivity index (χ2v) is 4.65. The molecule has 1 unspecified atom stereocenters. The number of aromatic nitrogens is 2. The summed E-state index contributed by atoms with van der Waals surface area (Å²) < 4.78 is 0.882. The number of nitrogens with zero attached hydrogens (tertiary/aromatic N) is 2. The third kappa shape index (κ3) is 3.76. The summed E-state index contributed by atoms with van der Waals surface area (Å²) in [6.07, 6.45) is 4.20. The Kier molecular flexibility index (Phi) is 4.98. The maximum Gasteiger partial charge on any atom is 0.143 e. The number of halogens is 1. The molecule has 0 aliphatic heterocycles. The van der Waals surface area contributed by atoms with E-state index < -0.39 is 0 Å². The molecular weight excluding hydrogens is 256 g/mol. The van der Waals surface area contributed by atoms with Crippen LogP contribution >= 0.6 is 15.9 Å². The lowest BCUT2D eigenvalue weighted by Crippen LogP contribution is -2.29. The number of anilines is 1. The zero-order valence-electron chi connectivity index (χ0n) is 9.07. The van der Waals surface area contributed by atoms with Crippen molar-refractivity contribution in [1.29, 1.82) is 0 Å². The SMILES string of the molecule is CC(C)C(CCN)Nc1ncncc1Br. The summed E-state index contributed by atoms with van der Waals surface area (Å²) in [5.41, 5.74) is 5.57. The van der Waals surface area contributed by atoms with E-state index in [1.54, 1.807) is 6.20 Å². The third-order valence-corrected chi connectivity index (χ3v) is 2.85. The van der Waals surface area contributed by atoms with Gasteiger partial charge in [-0.2, -0.15) is 0 Å². The van der Waals surface area contributed by atoms with Crippen LogP contribution in [0.15, 0.2) is 17.0 Å². The molecule has 1 aromatic heterocycles. The smallest absolute Gasteiger partial charge is 0.143 e. The first-order chi connectivity index (χ1) is 7.15. The standard InChI is InChI=1S/C10H17BrN4/c1-7(2)9(3-4-12)15-10-8(11)5-13-6-14-10/h5-7,9H,3-4,12H2,1-2H3,(H,13,14,15). The van der Waals surface area contributed by atoms with Gasteiger partial charge in [-0.05, 0) is 34.8 Å². The van der Waals surface area contributed by atoms with Crippen LogP contribution < -0.4 is 11.1 Å². The molecule has 4 nitrogen and oxygen atoms in total. The fraction of sp³-hybridized carbons (Fsp3) is 0.600. The maximum absolute atomic E-state index is 5.57. The van der Waals surface area contributed by atoms with Gasteiger partial charge in [0.1, 0.15) is 12.1 Å². The Hall–Kier alpha value is -0.680. The minimum Gasteiger partial charge on any atom is -0.366 e. The number of nitrogens with one attached hydrogen (secondary N) is 1. The number of hydrogen-bond acceptors (Lipinski definition) is 4. The quantitative estimate of drug-likeness (QED) is 0.861. The average molecular weight is 273 g/mol. The van der Waals surface area contributed by atoms with Crippen molar-refractivity contribution in [2.24, 2.45) is 11.7 Å². The molecule has 1 heterocycles. The van der Waals surface area contributed by atoms with E-state index in [-0.39, 0.29) is 0 Å². The van der Waals surface area contributed by atoms with Gasteiger partial charge in [0.15, 0.2) is 0 Å². The molecule has 0 fully saturated rings. The lowest BCUT2D eigenvalue weighted by atomic mass is 10.0. The summed E-state index contributed by atoms with van der Waals surface area (Å²) in [6, 6.07) is 0.348.